The first-order chi connectivity index (χ1) is 9.54. The van der Waals surface area contributed by atoms with Crippen molar-refractivity contribution >= 4 is 29.1 Å². The average Bonchev–Trinajstić information content (AvgIpc) is 2.70. The minimum absolute atomic E-state index is 0.271. The van der Waals surface area contributed by atoms with E-state index in [1.807, 2.05) is 0 Å². The van der Waals surface area contributed by atoms with E-state index in [0.29, 0.717) is 27.5 Å². The number of likely N-dealkylation sites (N-methyl/N-ethyl adjacent to an activating group) is 1. The van der Waals surface area contributed by atoms with Gasteiger partial charge < -0.3 is 9.47 Å². The van der Waals surface area contributed by atoms with Gasteiger partial charge in [0.1, 0.15) is 0 Å². The Morgan fingerprint density at radius 2 is 1.70 bits per heavy atom. The molecule has 0 saturated carbocycles. The zero-order valence-corrected chi connectivity index (χ0v) is 12.5. The number of rotatable bonds is 4. The van der Waals surface area contributed by atoms with Gasteiger partial charge in [-0.15, -0.1) is 11.8 Å². The van der Waals surface area contributed by atoms with Crippen molar-refractivity contribution in [3.05, 3.63) is 28.7 Å². The lowest BCUT2D eigenvalue weighted by Gasteiger charge is -2.10. The third-order valence-corrected chi connectivity index (χ3v) is 3.91. The minimum atomic E-state index is -0.299. The lowest BCUT2D eigenvalue weighted by atomic mass is 10.1. The molecule has 6 heteroatoms. The molecule has 1 aromatic carbocycles. The highest BCUT2D eigenvalue weighted by Gasteiger charge is 2.36. The van der Waals surface area contributed by atoms with Crippen molar-refractivity contribution in [2.24, 2.45) is 0 Å². The summed E-state index contributed by atoms with van der Waals surface area (Å²) >= 11 is 1.27. The van der Waals surface area contributed by atoms with Crippen LogP contribution in [0.3, 0.4) is 0 Å². The zero-order valence-electron chi connectivity index (χ0n) is 11.7. The highest BCUT2D eigenvalue weighted by molar-refractivity contribution is 8.03. The Morgan fingerprint density at radius 1 is 1.05 bits per heavy atom. The van der Waals surface area contributed by atoms with E-state index in [2.05, 4.69) is 0 Å². The standard InChI is InChI=1S/C14H15NO4S/c1-15-13(16)11(12(20-4)14(15)17)8-5-6-9(18-2)10(7-8)19-3/h5-7H,1-4H3. The predicted molar refractivity (Wildman–Crippen MR) is 77.8 cm³/mol. The summed E-state index contributed by atoms with van der Waals surface area (Å²) in [6.45, 7) is 0. The largest absolute Gasteiger partial charge is 0.493 e. The van der Waals surface area contributed by atoms with Crippen LogP contribution < -0.4 is 9.47 Å². The molecule has 0 saturated heterocycles. The molecule has 20 heavy (non-hydrogen) atoms. The highest BCUT2D eigenvalue weighted by Crippen LogP contribution is 2.37. The molecule has 0 aliphatic carbocycles. The Kier molecular flexibility index (Phi) is 4.04. The first-order valence-electron chi connectivity index (χ1n) is 5.88. The normalized spacial score (nSPS) is 15.1. The molecule has 2 rings (SSSR count). The second-order valence-corrected chi connectivity index (χ2v) is 4.96. The summed E-state index contributed by atoms with van der Waals surface area (Å²) in [6.07, 6.45) is 1.78. The monoisotopic (exact) mass is 293 g/mol. The number of hydrogen-bond donors (Lipinski definition) is 0. The van der Waals surface area contributed by atoms with Gasteiger partial charge in [-0.2, -0.15) is 0 Å². The summed E-state index contributed by atoms with van der Waals surface area (Å²) in [5, 5.41) is 0. The lowest BCUT2D eigenvalue weighted by molar-refractivity contribution is -0.134. The molecule has 1 aliphatic rings. The van der Waals surface area contributed by atoms with Gasteiger partial charge in [0.25, 0.3) is 11.8 Å². The Hall–Kier alpha value is -1.95. The van der Waals surface area contributed by atoms with Gasteiger partial charge in [0.15, 0.2) is 11.5 Å². The fraction of sp³-hybridized carbons (Fsp3) is 0.286. The summed E-state index contributed by atoms with van der Waals surface area (Å²) in [7, 11) is 4.55. The van der Waals surface area contributed by atoms with Crippen molar-refractivity contribution < 1.29 is 19.1 Å². The van der Waals surface area contributed by atoms with Gasteiger partial charge in [-0.25, -0.2) is 0 Å². The number of carbonyl (C=O) groups excluding carboxylic acids is 2. The van der Waals surface area contributed by atoms with E-state index < -0.39 is 0 Å². The highest BCUT2D eigenvalue weighted by atomic mass is 32.2. The van der Waals surface area contributed by atoms with Crippen LogP contribution in [0, 0.1) is 0 Å². The van der Waals surface area contributed by atoms with E-state index in [9.17, 15) is 9.59 Å². The van der Waals surface area contributed by atoms with Crippen molar-refractivity contribution in [3.63, 3.8) is 0 Å². The van der Waals surface area contributed by atoms with Crippen molar-refractivity contribution in [2.75, 3.05) is 27.5 Å². The molecule has 106 valence electrons. The first kappa shape index (κ1) is 14.5. The molecule has 0 bridgehead atoms. The summed E-state index contributed by atoms with van der Waals surface area (Å²) in [5.41, 5.74) is 1.06. The number of thioether (sulfide) groups is 1. The van der Waals surface area contributed by atoms with E-state index in [1.165, 1.54) is 25.9 Å². The maximum Gasteiger partial charge on any atom is 0.267 e. The third-order valence-electron chi connectivity index (χ3n) is 3.12. The van der Waals surface area contributed by atoms with Gasteiger partial charge >= 0.3 is 0 Å². The van der Waals surface area contributed by atoms with Crippen molar-refractivity contribution in [3.8, 4) is 11.5 Å². The molecular weight excluding hydrogens is 278 g/mol. The molecule has 1 aromatic rings. The SMILES string of the molecule is COc1ccc(C2=C(SC)C(=O)N(C)C2=O)cc1OC. The Balaban J connectivity index is 2.58. The topological polar surface area (TPSA) is 55.8 Å². The number of nitrogens with zero attached hydrogens (tertiary/aromatic N) is 1. The molecule has 0 atom stereocenters. The molecule has 1 heterocycles. The van der Waals surface area contributed by atoms with E-state index in [4.69, 9.17) is 9.47 Å². The van der Waals surface area contributed by atoms with Gasteiger partial charge in [-0.3, -0.25) is 14.5 Å². The van der Waals surface area contributed by atoms with Crippen LogP contribution in [-0.2, 0) is 9.59 Å². The number of imide groups is 1. The number of ether oxygens (including phenoxy) is 2. The molecule has 0 radical (unpaired) electrons. The number of carbonyl (C=O) groups is 2. The Bertz CT molecular complexity index is 609. The smallest absolute Gasteiger partial charge is 0.267 e. The van der Waals surface area contributed by atoms with Crippen LogP contribution >= 0.6 is 11.8 Å². The van der Waals surface area contributed by atoms with E-state index >= 15 is 0 Å². The van der Waals surface area contributed by atoms with Gasteiger partial charge in [-0.1, -0.05) is 6.07 Å². The third kappa shape index (κ3) is 2.16. The molecule has 0 aromatic heterocycles. The molecule has 0 spiro atoms. The van der Waals surface area contributed by atoms with Crippen molar-refractivity contribution in [1.29, 1.82) is 0 Å². The average molecular weight is 293 g/mol. The molecule has 0 fully saturated rings. The summed E-state index contributed by atoms with van der Waals surface area (Å²) in [4.78, 5) is 25.8. The zero-order chi connectivity index (χ0) is 14.9. The van der Waals surface area contributed by atoms with Crippen LogP contribution in [-0.4, -0.2) is 44.2 Å². The van der Waals surface area contributed by atoms with Crippen molar-refractivity contribution in [2.45, 2.75) is 0 Å². The fourth-order valence-corrected chi connectivity index (χ4v) is 2.77. The maximum absolute atomic E-state index is 12.2. The number of benzene rings is 1. The van der Waals surface area contributed by atoms with E-state index in [1.54, 1.807) is 31.6 Å². The summed E-state index contributed by atoms with van der Waals surface area (Å²) in [6, 6.07) is 5.17. The van der Waals surface area contributed by atoms with Crippen LogP contribution in [0.5, 0.6) is 11.5 Å². The van der Waals surface area contributed by atoms with Crippen molar-refractivity contribution in [1.82, 2.24) is 4.90 Å². The van der Waals surface area contributed by atoms with Crippen LogP contribution in [0.1, 0.15) is 5.56 Å². The van der Waals surface area contributed by atoms with Crippen LogP contribution in [0.15, 0.2) is 23.1 Å². The number of methoxy groups -OCH3 is 2. The first-order valence-corrected chi connectivity index (χ1v) is 7.10. The minimum Gasteiger partial charge on any atom is -0.493 e. The van der Waals surface area contributed by atoms with Crippen LogP contribution in [0.25, 0.3) is 5.57 Å². The molecule has 1 aliphatic heterocycles. The maximum atomic E-state index is 12.2. The number of amides is 2. The molecule has 2 amide bonds. The van der Waals surface area contributed by atoms with Gasteiger partial charge in [0, 0.05) is 7.05 Å². The predicted octanol–water partition coefficient (Wildman–Crippen LogP) is 1.78. The van der Waals surface area contributed by atoms with Gasteiger partial charge in [0.05, 0.1) is 24.7 Å². The fourth-order valence-electron chi connectivity index (χ4n) is 2.05. The quantitative estimate of drug-likeness (QED) is 0.792. The Labute approximate surface area is 121 Å². The van der Waals surface area contributed by atoms with Crippen LogP contribution in [0.4, 0.5) is 0 Å². The molecular formula is C14H15NO4S. The molecule has 0 unspecified atom stereocenters. The van der Waals surface area contributed by atoms with Gasteiger partial charge in [-0.05, 0) is 24.0 Å². The molecule has 5 nitrogen and oxygen atoms in total. The van der Waals surface area contributed by atoms with E-state index in [-0.39, 0.29) is 11.8 Å². The number of hydrogen-bond acceptors (Lipinski definition) is 5. The lowest BCUT2D eigenvalue weighted by Crippen LogP contribution is -2.26. The summed E-state index contributed by atoms with van der Waals surface area (Å²) in [5.74, 6) is 0.527. The Morgan fingerprint density at radius 3 is 2.25 bits per heavy atom. The second kappa shape index (κ2) is 5.58. The van der Waals surface area contributed by atoms with Gasteiger partial charge in [0.2, 0.25) is 0 Å². The summed E-state index contributed by atoms with van der Waals surface area (Å²) < 4.78 is 10.4. The molecule has 0 N–H and O–H groups in total. The van der Waals surface area contributed by atoms with Crippen LogP contribution in [0.2, 0.25) is 0 Å². The second-order valence-electron chi connectivity index (χ2n) is 4.15. The van der Waals surface area contributed by atoms with E-state index in [0.717, 1.165) is 4.90 Å².